The number of nitrogens with one attached hydrogen (secondary N) is 2. The highest BCUT2D eigenvalue weighted by Crippen LogP contribution is 2.17. The molecule has 0 atom stereocenters. The van der Waals surface area contributed by atoms with E-state index in [1.54, 1.807) is 18.3 Å². The van der Waals surface area contributed by atoms with E-state index in [9.17, 15) is 9.59 Å². The molecular formula is C9H10BrN3O2. The van der Waals surface area contributed by atoms with Gasteiger partial charge in [-0.05, 0) is 28.1 Å². The second kappa shape index (κ2) is 5.45. The SMILES string of the molecule is CC(=O)NCC(=O)Nc1ncccc1Br. The molecule has 0 radical (unpaired) electrons. The van der Waals surface area contributed by atoms with E-state index in [1.807, 2.05) is 0 Å². The molecular weight excluding hydrogens is 262 g/mol. The van der Waals surface area contributed by atoms with E-state index in [0.29, 0.717) is 10.3 Å². The molecule has 0 saturated heterocycles. The normalized spacial score (nSPS) is 9.47. The van der Waals surface area contributed by atoms with E-state index in [1.165, 1.54) is 6.92 Å². The summed E-state index contributed by atoms with van der Waals surface area (Å²) in [4.78, 5) is 25.8. The highest BCUT2D eigenvalue weighted by atomic mass is 79.9. The molecule has 1 heterocycles. The lowest BCUT2D eigenvalue weighted by atomic mass is 10.4. The van der Waals surface area contributed by atoms with Crippen LogP contribution in [0.1, 0.15) is 6.92 Å². The van der Waals surface area contributed by atoms with Crippen molar-refractivity contribution in [3.05, 3.63) is 22.8 Å². The molecule has 6 heteroatoms. The minimum Gasteiger partial charge on any atom is -0.347 e. The van der Waals surface area contributed by atoms with E-state index < -0.39 is 0 Å². The highest BCUT2D eigenvalue weighted by Gasteiger charge is 2.05. The van der Waals surface area contributed by atoms with Crippen molar-refractivity contribution in [1.29, 1.82) is 0 Å². The van der Waals surface area contributed by atoms with E-state index in [0.717, 1.165) is 0 Å². The van der Waals surface area contributed by atoms with Gasteiger partial charge in [0, 0.05) is 13.1 Å². The van der Waals surface area contributed by atoms with Gasteiger partial charge in [0.15, 0.2) is 0 Å². The van der Waals surface area contributed by atoms with Gasteiger partial charge in [0.2, 0.25) is 11.8 Å². The molecule has 0 aromatic carbocycles. The number of hydrogen-bond donors (Lipinski definition) is 2. The monoisotopic (exact) mass is 271 g/mol. The Kier molecular flexibility index (Phi) is 4.23. The summed E-state index contributed by atoms with van der Waals surface area (Å²) in [6, 6.07) is 3.51. The number of aromatic nitrogens is 1. The van der Waals surface area contributed by atoms with Crippen molar-refractivity contribution in [2.75, 3.05) is 11.9 Å². The summed E-state index contributed by atoms with van der Waals surface area (Å²) in [6.07, 6.45) is 1.57. The van der Waals surface area contributed by atoms with Crippen molar-refractivity contribution in [3.63, 3.8) is 0 Å². The summed E-state index contributed by atoms with van der Waals surface area (Å²) < 4.78 is 0.696. The fraction of sp³-hybridized carbons (Fsp3) is 0.222. The first-order valence-electron chi connectivity index (χ1n) is 4.24. The Hall–Kier alpha value is -1.43. The molecule has 0 bridgehead atoms. The van der Waals surface area contributed by atoms with Crippen LogP contribution in [0, 0.1) is 0 Å². The first-order valence-corrected chi connectivity index (χ1v) is 5.03. The van der Waals surface area contributed by atoms with Crippen LogP contribution in [0.4, 0.5) is 5.82 Å². The summed E-state index contributed by atoms with van der Waals surface area (Å²) >= 11 is 3.24. The van der Waals surface area contributed by atoms with Gasteiger partial charge in [-0.3, -0.25) is 9.59 Å². The number of pyridine rings is 1. The van der Waals surface area contributed by atoms with Crippen LogP contribution in [0.3, 0.4) is 0 Å². The number of carbonyl (C=O) groups excluding carboxylic acids is 2. The number of rotatable bonds is 3. The Balaban J connectivity index is 2.52. The molecule has 5 nitrogen and oxygen atoms in total. The van der Waals surface area contributed by atoms with Crippen LogP contribution >= 0.6 is 15.9 Å². The zero-order chi connectivity index (χ0) is 11.3. The number of carbonyl (C=O) groups is 2. The standard InChI is InChI=1S/C9H10BrN3O2/c1-6(14)12-5-8(15)13-9-7(10)3-2-4-11-9/h2-4H,5H2,1H3,(H,12,14)(H,11,13,15). The predicted octanol–water partition coefficient (Wildman–Crippen LogP) is 0.919. The molecule has 80 valence electrons. The van der Waals surface area contributed by atoms with Gasteiger partial charge in [-0.25, -0.2) is 4.98 Å². The second-order valence-electron chi connectivity index (χ2n) is 2.79. The lowest BCUT2D eigenvalue weighted by Gasteiger charge is -2.05. The zero-order valence-corrected chi connectivity index (χ0v) is 9.67. The number of anilines is 1. The third-order valence-electron chi connectivity index (χ3n) is 1.51. The van der Waals surface area contributed by atoms with Gasteiger partial charge < -0.3 is 10.6 Å². The average molecular weight is 272 g/mol. The molecule has 0 saturated carbocycles. The number of nitrogens with zero attached hydrogens (tertiary/aromatic N) is 1. The minimum atomic E-state index is -0.315. The Bertz CT molecular complexity index is 381. The maximum absolute atomic E-state index is 11.3. The number of halogens is 1. The third-order valence-corrected chi connectivity index (χ3v) is 2.15. The quantitative estimate of drug-likeness (QED) is 0.859. The molecule has 0 aliphatic heterocycles. The molecule has 2 N–H and O–H groups in total. The minimum absolute atomic E-state index is 0.0572. The van der Waals surface area contributed by atoms with Crippen molar-refractivity contribution in [2.45, 2.75) is 6.92 Å². The maximum atomic E-state index is 11.3. The van der Waals surface area contributed by atoms with Crippen LogP contribution in [-0.2, 0) is 9.59 Å². The van der Waals surface area contributed by atoms with E-state index in [-0.39, 0.29) is 18.4 Å². The van der Waals surface area contributed by atoms with Gasteiger partial charge in [0.1, 0.15) is 5.82 Å². The van der Waals surface area contributed by atoms with Crippen LogP contribution in [0.2, 0.25) is 0 Å². The number of hydrogen-bond acceptors (Lipinski definition) is 3. The largest absolute Gasteiger partial charge is 0.347 e. The van der Waals surface area contributed by atoms with Gasteiger partial charge in [-0.1, -0.05) is 0 Å². The molecule has 1 rings (SSSR count). The molecule has 2 amide bonds. The second-order valence-corrected chi connectivity index (χ2v) is 3.65. The van der Waals surface area contributed by atoms with Crippen molar-refractivity contribution in [1.82, 2.24) is 10.3 Å². The fourth-order valence-corrected chi connectivity index (χ4v) is 1.21. The molecule has 0 aliphatic carbocycles. The Morgan fingerprint density at radius 1 is 1.53 bits per heavy atom. The van der Waals surface area contributed by atoms with Gasteiger partial charge in [-0.15, -0.1) is 0 Å². The molecule has 15 heavy (non-hydrogen) atoms. The van der Waals surface area contributed by atoms with Gasteiger partial charge in [0.05, 0.1) is 11.0 Å². The van der Waals surface area contributed by atoms with Crippen LogP contribution < -0.4 is 10.6 Å². The maximum Gasteiger partial charge on any atom is 0.244 e. The first kappa shape index (κ1) is 11.6. The molecule has 0 fully saturated rings. The summed E-state index contributed by atoms with van der Waals surface area (Å²) in [7, 11) is 0. The van der Waals surface area contributed by atoms with Crippen LogP contribution in [0.15, 0.2) is 22.8 Å². The summed E-state index contributed by atoms with van der Waals surface area (Å²) in [5.41, 5.74) is 0. The highest BCUT2D eigenvalue weighted by molar-refractivity contribution is 9.10. The Morgan fingerprint density at radius 3 is 2.87 bits per heavy atom. The van der Waals surface area contributed by atoms with Crippen LogP contribution in [0.5, 0.6) is 0 Å². The molecule has 1 aromatic rings. The predicted molar refractivity (Wildman–Crippen MR) is 59.3 cm³/mol. The summed E-state index contributed by atoms with van der Waals surface area (Å²) in [6.45, 7) is 1.29. The molecule has 0 spiro atoms. The van der Waals surface area contributed by atoms with Crippen LogP contribution in [-0.4, -0.2) is 23.3 Å². The van der Waals surface area contributed by atoms with Gasteiger partial charge >= 0.3 is 0 Å². The molecule has 1 aromatic heterocycles. The van der Waals surface area contributed by atoms with Crippen molar-refractivity contribution in [2.24, 2.45) is 0 Å². The van der Waals surface area contributed by atoms with Crippen molar-refractivity contribution >= 4 is 33.6 Å². The molecule has 0 aliphatic rings. The zero-order valence-electron chi connectivity index (χ0n) is 8.08. The summed E-state index contributed by atoms with van der Waals surface area (Å²) in [5.74, 6) is -0.123. The lowest BCUT2D eigenvalue weighted by Crippen LogP contribution is -2.31. The van der Waals surface area contributed by atoms with Crippen molar-refractivity contribution < 1.29 is 9.59 Å². The van der Waals surface area contributed by atoms with Crippen LogP contribution in [0.25, 0.3) is 0 Å². The lowest BCUT2D eigenvalue weighted by molar-refractivity contribution is -0.122. The third kappa shape index (κ3) is 4.07. The fourth-order valence-electron chi connectivity index (χ4n) is 0.859. The Morgan fingerprint density at radius 2 is 2.27 bits per heavy atom. The van der Waals surface area contributed by atoms with E-state index in [2.05, 4.69) is 31.5 Å². The van der Waals surface area contributed by atoms with E-state index >= 15 is 0 Å². The van der Waals surface area contributed by atoms with Gasteiger partial charge in [0.25, 0.3) is 0 Å². The van der Waals surface area contributed by atoms with Crippen molar-refractivity contribution in [3.8, 4) is 0 Å². The average Bonchev–Trinajstić information content (AvgIpc) is 2.18. The first-order chi connectivity index (χ1) is 7.09. The smallest absolute Gasteiger partial charge is 0.244 e. The summed E-state index contributed by atoms with van der Waals surface area (Å²) in [5, 5.41) is 4.94. The molecule has 0 unspecified atom stereocenters. The number of amides is 2. The van der Waals surface area contributed by atoms with E-state index in [4.69, 9.17) is 0 Å². The Labute approximate surface area is 95.4 Å². The topological polar surface area (TPSA) is 71.1 Å². The van der Waals surface area contributed by atoms with Gasteiger partial charge in [-0.2, -0.15) is 0 Å².